The molecule has 1 saturated heterocycles. The van der Waals surface area contributed by atoms with Gasteiger partial charge in [0.15, 0.2) is 5.11 Å². The van der Waals surface area contributed by atoms with Crippen LogP contribution in [0.3, 0.4) is 0 Å². The molecule has 0 radical (unpaired) electrons. The van der Waals surface area contributed by atoms with Gasteiger partial charge in [-0.15, -0.1) is 0 Å². The fourth-order valence-corrected chi connectivity index (χ4v) is 4.91. The standard InChI is InChI=1S/C28H26FN5O2S/c1-36-20-13-11-19(12-14-20)33-17-6-10-24(33)27-26(23-9-4-5-16-30-23)32-28(37)34(27)18-15-25(35)31-22-8-3-2-7-21(22)29/h2-14,16-17,26-27H,15,18H2,1H3,(H,31,35)(H,32,37)/t26-,27+/m1/s1. The third-order valence-electron chi connectivity index (χ3n) is 6.36. The first-order valence-electron chi connectivity index (χ1n) is 11.9. The molecule has 2 N–H and O–H groups in total. The fraction of sp³-hybridized carbons (Fsp3) is 0.179. The van der Waals surface area contributed by atoms with Crippen molar-refractivity contribution in [3.05, 3.63) is 108 Å². The first-order chi connectivity index (χ1) is 18.0. The van der Waals surface area contributed by atoms with Crippen molar-refractivity contribution in [3.63, 3.8) is 0 Å². The molecule has 0 bridgehead atoms. The second-order valence-corrected chi connectivity index (χ2v) is 8.99. The van der Waals surface area contributed by atoms with Gasteiger partial charge in [-0.2, -0.15) is 0 Å². The van der Waals surface area contributed by atoms with Crippen LogP contribution in [-0.2, 0) is 4.79 Å². The molecule has 0 unspecified atom stereocenters. The van der Waals surface area contributed by atoms with Crippen LogP contribution in [0.25, 0.3) is 5.69 Å². The summed E-state index contributed by atoms with van der Waals surface area (Å²) in [6, 6.07) is 23.3. The van der Waals surface area contributed by atoms with Gasteiger partial charge >= 0.3 is 0 Å². The Kier molecular flexibility index (Phi) is 7.14. The minimum Gasteiger partial charge on any atom is -0.497 e. The van der Waals surface area contributed by atoms with Crippen LogP contribution in [0.5, 0.6) is 5.75 Å². The van der Waals surface area contributed by atoms with Crippen LogP contribution in [-0.4, -0.2) is 39.1 Å². The predicted molar refractivity (Wildman–Crippen MR) is 144 cm³/mol. The zero-order chi connectivity index (χ0) is 25.8. The van der Waals surface area contributed by atoms with Gasteiger partial charge in [0.1, 0.15) is 11.6 Å². The molecule has 9 heteroatoms. The van der Waals surface area contributed by atoms with Crippen LogP contribution in [0.2, 0.25) is 0 Å². The number of methoxy groups -OCH3 is 1. The van der Waals surface area contributed by atoms with Crippen LogP contribution in [0.1, 0.15) is 29.9 Å². The van der Waals surface area contributed by atoms with Crippen molar-refractivity contribution in [2.75, 3.05) is 19.0 Å². The molecule has 5 rings (SSSR count). The van der Waals surface area contributed by atoms with Gasteiger partial charge in [-0.3, -0.25) is 9.78 Å². The van der Waals surface area contributed by atoms with E-state index in [1.54, 1.807) is 25.4 Å². The van der Waals surface area contributed by atoms with Gasteiger partial charge in [0, 0.05) is 36.7 Å². The van der Waals surface area contributed by atoms with E-state index >= 15 is 0 Å². The third kappa shape index (κ3) is 5.17. The van der Waals surface area contributed by atoms with E-state index in [4.69, 9.17) is 17.0 Å². The van der Waals surface area contributed by atoms with E-state index in [9.17, 15) is 9.18 Å². The van der Waals surface area contributed by atoms with Crippen molar-refractivity contribution >= 4 is 28.9 Å². The molecule has 37 heavy (non-hydrogen) atoms. The minimum absolute atomic E-state index is 0.130. The number of hydrogen-bond donors (Lipinski definition) is 2. The summed E-state index contributed by atoms with van der Waals surface area (Å²) in [6.07, 6.45) is 3.88. The lowest BCUT2D eigenvalue weighted by Gasteiger charge is -2.29. The smallest absolute Gasteiger partial charge is 0.226 e. The highest BCUT2D eigenvalue weighted by Gasteiger charge is 2.41. The van der Waals surface area contributed by atoms with E-state index in [-0.39, 0.29) is 30.1 Å². The van der Waals surface area contributed by atoms with Crippen LogP contribution in [0, 0.1) is 5.82 Å². The van der Waals surface area contributed by atoms with Crippen LogP contribution in [0.4, 0.5) is 10.1 Å². The zero-order valence-corrected chi connectivity index (χ0v) is 21.0. The number of thiocarbonyl (C=S) groups is 1. The largest absolute Gasteiger partial charge is 0.497 e. The van der Waals surface area contributed by atoms with Crippen molar-refractivity contribution in [1.82, 2.24) is 19.8 Å². The Bertz CT molecular complexity index is 1390. The van der Waals surface area contributed by atoms with Crippen LogP contribution < -0.4 is 15.4 Å². The summed E-state index contributed by atoms with van der Waals surface area (Å²) in [5.41, 5.74) is 2.96. The number of rotatable bonds is 8. The maximum absolute atomic E-state index is 14.0. The zero-order valence-electron chi connectivity index (χ0n) is 20.2. The monoisotopic (exact) mass is 515 g/mol. The Morgan fingerprint density at radius 3 is 2.59 bits per heavy atom. The number of anilines is 1. The summed E-state index contributed by atoms with van der Waals surface area (Å²) in [7, 11) is 1.64. The van der Waals surface area contributed by atoms with E-state index in [0.29, 0.717) is 11.7 Å². The lowest BCUT2D eigenvalue weighted by atomic mass is 10.0. The van der Waals surface area contributed by atoms with Crippen molar-refractivity contribution in [3.8, 4) is 11.4 Å². The molecule has 3 heterocycles. The summed E-state index contributed by atoms with van der Waals surface area (Å²) in [6.45, 7) is 0.341. The summed E-state index contributed by atoms with van der Waals surface area (Å²) >= 11 is 5.73. The number of benzene rings is 2. The summed E-state index contributed by atoms with van der Waals surface area (Å²) in [5, 5.41) is 6.59. The first-order valence-corrected chi connectivity index (χ1v) is 12.3. The lowest BCUT2D eigenvalue weighted by molar-refractivity contribution is -0.116. The Morgan fingerprint density at radius 1 is 1.08 bits per heavy atom. The van der Waals surface area contributed by atoms with E-state index in [2.05, 4.69) is 20.2 Å². The number of hydrogen-bond acceptors (Lipinski definition) is 4. The normalized spacial score (nSPS) is 16.9. The molecule has 1 aliphatic rings. The number of halogens is 1. The first kappa shape index (κ1) is 24.5. The van der Waals surface area contributed by atoms with Gasteiger partial charge in [-0.1, -0.05) is 18.2 Å². The number of carbonyl (C=O) groups is 1. The molecular formula is C28H26FN5O2S. The number of pyridine rings is 1. The fourth-order valence-electron chi connectivity index (χ4n) is 4.58. The molecule has 4 aromatic rings. The Morgan fingerprint density at radius 2 is 1.86 bits per heavy atom. The van der Waals surface area contributed by atoms with Crippen molar-refractivity contribution < 1.29 is 13.9 Å². The molecule has 1 aliphatic heterocycles. The number of ether oxygens (including phenoxy) is 1. The number of carbonyl (C=O) groups excluding carboxylic acids is 1. The highest BCUT2D eigenvalue weighted by Crippen LogP contribution is 2.39. The molecule has 1 amide bonds. The second-order valence-electron chi connectivity index (χ2n) is 8.60. The average molecular weight is 516 g/mol. The number of nitrogens with one attached hydrogen (secondary N) is 2. The Hall–Kier alpha value is -4.24. The third-order valence-corrected chi connectivity index (χ3v) is 6.71. The molecule has 2 aromatic carbocycles. The number of amides is 1. The Labute approximate surface area is 219 Å². The topological polar surface area (TPSA) is 71.4 Å². The lowest BCUT2D eigenvalue weighted by Crippen LogP contribution is -2.33. The van der Waals surface area contributed by atoms with E-state index in [1.807, 2.05) is 65.7 Å². The SMILES string of the molecule is COc1ccc(-n2cccc2[C@H]2[C@@H](c3ccccn3)NC(=S)N2CCC(=O)Nc2ccccc2F)cc1. The maximum atomic E-state index is 14.0. The summed E-state index contributed by atoms with van der Waals surface area (Å²) < 4.78 is 21.4. The van der Waals surface area contributed by atoms with E-state index < -0.39 is 5.82 Å². The number of nitrogens with zero attached hydrogens (tertiary/aromatic N) is 3. The van der Waals surface area contributed by atoms with E-state index in [1.165, 1.54) is 12.1 Å². The van der Waals surface area contributed by atoms with Crippen LogP contribution in [0.15, 0.2) is 91.3 Å². The van der Waals surface area contributed by atoms with E-state index in [0.717, 1.165) is 22.8 Å². The van der Waals surface area contributed by atoms with Gasteiger partial charge in [-0.05, 0) is 72.9 Å². The second kappa shape index (κ2) is 10.8. The highest BCUT2D eigenvalue weighted by atomic mass is 32.1. The molecule has 0 saturated carbocycles. The molecule has 7 nitrogen and oxygen atoms in total. The molecule has 188 valence electrons. The summed E-state index contributed by atoms with van der Waals surface area (Å²) in [5.74, 6) is 0.00751. The number of para-hydroxylation sites is 1. The molecular weight excluding hydrogens is 489 g/mol. The average Bonchev–Trinajstić information content (AvgIpc) is 3.53. The quantitative estimate of drug-likeness (QED) is 0.321. The Balaban J connectivity index is 1.44. The van der Waals surface area contributed by atoms with Crippen molar-refractivity contribution in [1.29, 1.82) is 0 Å². The van der Waals surface area contributed by atoms with Crippen molar-refractivity contribution in [2.24, 2.45) is 0 Å². The van der Waals surface area contributed by atoms with Crippen molar-refractivity contribution in [2.45, 2.75) is 18.5 Å². The maximum Gasteiger partial charge on any atom is 0.226 e. The molecule has 1 fully saturated rings. The predicted octanol–water partition coefficient (Wildman–Crippen LogP) is 5.02. The highest BCUT2D eigenvalue weighted by molar-refractivity contribution is 7.80. The minimum atomic E-state index is -0.473. The van der Waals surface area contributed by atoms with Gasteiger partial charge in [0.2, 0.25) is 5.91 Å². The molecule has 2 aromatic heterocycles. The molecule has 0 spiro atoms. The van der Waals surface area contributed by atoms with Gasteiger partial charge in [0.25, 0.3) is 0 Å². The summed E-state index contributed by atoms with van der Waals surface area (Å²) in [4.78, 5) is 19.3. The van der Waals surface area contributed by atoms with Crippen LogP contribution >= 0.6 is 12.2 Å². The van der Waals surface area contributed by atoms with Gasteiger partial charge < -0.3 is 24.8 Å². The number of aromatic nitrogens is 2. The molecule has 0 aliphatic carbocycles. The van der Waals surface area contributed by atoms with Gasteiger partial charge in [0.05, 0.1) is 30.6 Å². The molecule has 2 atom stereocenters. The van der Waals surface area contributed by atoms with Gasteiger partial charge in [-0.25, -0.2) is 4.39 Å².